The van der Waals surface area contributed by atoms with E-state index < -0.39 is 0 Å². The molecule has 132 valence electrons. The summed E-state index contributed by atoms with van der Waals surface area (Å²) in [6.07, 6.45) is 7.61. The lowest BCUT2D eigenvalue weighted by Gasteiger charge is -2.31. The van der Waals surface area contributed by atoms with E-state index in [4.69, 9.17) is 0 Å². The molecule has 5 rings (SSSR count). The Morgan fingerprint density at radius 3 is 2.04 bits per heavy atom. The Kier molecular flexibility index (Phi) is 3.82. The fourth-order valence-electron chi connectivity index (χ4n) is 4.88. The lowest BCUT2D eigenvalue weighted by Crippen LogP contribution is -2.27. The smallest absolute Gasteiger partial charge is 0.150 e. The summed E-state index contributed by atoms with van der Waals surface area (Å²) in [5.74, 6) is 0. The molecule has 3 aromatic rings. The lowest BCUT2D eigenvalue weighted by molar-refractivity contribution is 0.112. The molecule has 3 aromatic carbocycles. The van der Waals surface area contributed by atoms with Crippen molar-refractivity contribution in [1.82, 2.24) is 0 Å². The van der Waals surface area contributed by atoms with Crippen LogP contribution in [0.25, 0.3) is 6.08 Å². The Morgan fingerprint density at radius 1 is 0.778 bits per heavy atom. The molecular weight excluding hydrogens is 328 g/mol. The van der Waals surface area contributed by atoms with Gasteiger partial charge in [-0.3, -0.25) is 4.79 Å². The van der Waals surface area contributed by atoms with Gasteiger partial charge in [-0.15, -0.1) is 0 Å². The number of allylic oxidation sites excluding steroid dienone is 1. The molecular formula is C26H22O. The van der Waals surface area contributed by atoms with Crippen molar-refractivity contribution >= 4 is 12.4 Å². The van der Waals surface area contributed by atoms with Gasteiger partial charge < -0.3 is 0 Å². The van der Waals surface area contributed by atoms with Gasteiger partial charge in [0.1, 0.15) is 6.29 Å². The largest absolute Gasteiger partial charge is 0.298 e. The van der Waals surface area contributed by atoms with Gasteiger partial charge in [-0.1, -0.05) is 84.4 Å². The number of hydrogen-bond acceptors (Lipinski definition) is 1. The quantitative estimate of drug-likeness (QED) is 0.571. The summed E-state index contributed by atoms with van der Waals surface area (Å²) in [6.45, 7) is 0. The summed E-state index contributed by atoms with van der Waals surface area (Å²) >= 11 is 0. The Morgan fingerprint density at radius 2 is 1.41 bits per heavy atom. The van der Waals surface area contributed by atoms with Crippen LogP contribution in [0.1, 0.15) is 38.2 Å². The predicted molar refractivity (Wildman–Crippen MR) is 110 cm³/mol. The van der Waals surface area contributed by atoms with E-state index in [-0.39, 0.29) is 5.41 Å². The molecule has 0 radical (unpaired) electrons. The number of fused-ring (bicyclic) bond motifs is 2. The number of aldehydes is 1. The molecule has 0 bridgehead atoms. The van der Waals surface area contributed by atoms with E-state index in [2.05, 4.69) is 66.7 Å². The van der Waals surface area contributed by atoms with Crippen LogP contribution in [-0.2, 0) is 25.7 Å². The van der Waals surface area contributed by atoms with Gasteiger partial charge in [-0.25, -0.2) is 0 Å². The SMILES string of the molecule is O=Cc1ccc(CC2(C3=Cc4ccccc4C3)Cc3ccccc3C2)cc1. The summed E-state index contributed by atoms with van der Waals surface area (Å²) in [4.78, 5) is 11.0. The van der Waals surface area contributed by atoms with Crippen LogP contribution in [0.15, 0.2) is 78.4 Å². The van der Waals surface area contributed by atoms with Crippen LogP contribution in [0.4, 0.5) is 0 Å². The molecule has 2 aliphatic carbocycles. The summed E-state index contributed by atoms with van der Waals surface area (Å²) in [6, 6.07) is 25.8. The highest BCUT2D eigenvalue weighted by atomic mass is 16.1. The molecule has 1 heteroatoms. The second-order valence-electron chi connectivity index (χ2n) is 7.98. The highest BCUT2D eigenvalue weighted by Gasteiger charge is 2.41. The summed E-state index contributed by atoms with van der Waals surface area (Å²) in [7, 11) is 0. The Labute approximate surface area is 160 Å². The van der Waals surface area contributed by atoms with Crippen molar-refractivity contribution in [3.8, 4) is 0 Å². The van der Waals surface area contributed by atoms with Crippen LogP contribution < -0.4 is 0 Å². The van der Waals surface area contributed by atoms with Crippen LogP contribution in [-0.4, -0.2) is 6.29 Å². The molecule has 0 aromatic heterocycles. The van der Waals surface area contributed by atoms with E-state index in [1.54, 1.807) is 5.57 Å². The molecule has 0 saturated carbocycles. The zero-order chi connectivity index (χ0) is 18.3. The highest BCUT2D eigenvalue weighted by molar-refractivity contribution is 5.74. The van der Waals surface area contributed by atoms with E-state index in [9.17, 15) is 4.79 Å². The maximum absolute atomic E-state index is 11.0. The minimum atomic E-state index is 0.130. The van der Waals surface area contributed by atoms with E-state index >= 15 is 0 Å². The van der Waals surface area contributed by atoms with Crippen molar-refractivity contribution in [3.05, 3.63) is 112 Å². The van der Waals surface area contributed by atoms with Crippen molar-refractivity contribution in [1.29, 1.82) is 0 Å². The Balaban J connectivity index is 1.54. The molecule has 0 N–H and O–H groups in total. The average molecular weight is 350 g/mol. The van der Waals surface area contributed by atoms with Gasteiger partial charge in [0, 0.05) is 11.0 Å². The first kappa shape index (κ1) is 16.3. The molecule has 0 spiro atoms. The molecule has 1 nitrogen and oxygen atoms in total. The monoisotopic (exact) mass is 350 g/mol. The predicted octanol–water partition coefficient (Wildman–Crippen LogP) is 5.47. The molecule has 2 aliphatic rings. The van der Waals surface area contributed by atoms with Crippen molar-refractivity contribution in [3.63, 3.8) is 0 Å². The van der Waals surface area contributed by atoms with E-state index in [0.29, 0.717) is 0 Å². The van der Waals surface area contributed by atoms with E-state index in [0.717, 1.165) is 37.5 Å². The van der Waals surface area contributed by atoms with Crippen LogP contribution in [0.5, 0.6) is 0 Å². The van der Waals surface area contributed by atoms with Gasteiger partial charge in [0.15, 0.2) is 0 Å². The Bertz CT molecular complexity index is 1010. The number of rotatable bonds is 4. The molecule has 0 atom stereocenters. The summed E-state index contributed by atoms with van der Waals surface area (Å²) in [5.41, 5.74) is 9.53. The van der Waals surface area contributed by atoms with E-state index in [1.807, 2.05) is 12.1 Å². The maximum Gasteiger partial charge on any atom is 0.150 e. The highest BCUT2D eigenvalue weighted by Crippen LogP contribution is 2.48. The van der Waals surface area contributed by atoms with Crippen LogP contribution in [0, 0.1) is 5.41 Å². The van der Waals surface area contributed by atoms with Gasteiger partial charge in [-0.2, -0.15) is 0 Å². The van der Waals surface area contributed by atoms with Crippen molar-refractivity contribution in [2.45, 2.75) is 25.7 Å². The minimum absolute atomic E-state index is 0.130. The second-order valence-corrected chi connectivity index (χ2v) is 7.98. The standard InChI is InChI=1S/C26H22O/c27-18-20-11-9-19(10-12-20)15-26(16-23-7-3-4-8-24(23)17-26)25-13-21-5-1-2-6-22(21)14-25/h1-13,18H,14-17H2. The molecule has 0 unspecified atom stereocenters. The molecule has 0 fully saturated rings. The van der Waals surface area contributed by atoms with Crippen molar-refractivity contribution < 1.29 is 4.79 Å². The number of carbonyl (C=O) groups is 1. The van der Waals surface area contributed by atoms with Gasteiger partial charge in [0.05, 0.1) is 0 Å². The van der Waals surface area contributed by atoms with E-state index in [1.165, 1.54) is 27.8 Å². The zero-order valence-corrected chi connectivity index (χ0v) is 15.3. The van der Waals surface area contributed by atoms with Gasteiger partial charge in [0.25, 0.3) is 0 Å². The topological polar surface area (TPSA) is 17.1 Å². The third-order valence-corrected chi connectivity index (χ3v) is 6.28. The first-order chi connectivity index (χ1) is 13.3. The first-order valence-electron chi connectivity index (χ1n) is 9.66. The molecule has 0 saturated heterocycles. The second kappa shape index (κ2) is 6.35. The first-order valence-corrected chi connectivity index (χ1v) is 9.66. The third kappa shape index (κ3) is 2.84. The van der Waals surface area contributed by atoms with Gasteiger partial charge >= 0.3 is 0 Å². The van der Waals surface area contributed by atoms with Crippen LogP contribution >= 0.6 is 0 Å². The maximum atomic E-state index is 11.0. The zero-order valence-electron chi connectivity index (χ0n) is 15.3. The Hall–Kier alpha value is -2.93. The number of hydrogen-bond donors (Lipinski definition) is 0. The summed E-state index contributed by atoms with van der Waals surface area (Å²) in [5, 5.41) is 0. The fraction of sp³-hybridized carbons (Fsp3) is 0.192. The van der Waals surface area contributed by atoms with Crippen LogP contribution in [0.2, 0.25) is 0 Å². The van der Waals surface area contributed by atoms with Crippen LogP contribution in [0.3, 0.4) is 0 Å². The number of carbonyl (C=O) groups excluding carboxylic acids is 1. The average Bonchev–Trinajstić information content (AvgIpc) is 3.30. The van der Waals surface area contributed by atoms with Crippen molar-refractivity contribution in [2.75, 3.05) is 0 Å². The van der Waals surface area contributed by atoms with Gasteiger partial charge in [-0.05, 0) is 53.5 Å². The molecule has 27 heavy (non-hydrogen) atoms. The molecule has 0 aliphatic heterocycles. The fourth-order valence-corrected chi connectivity index (χ4v) is 4.88. The lowest BCUT2D eigenvalue weighted by atomic mass is 9.72. The minimum Gasteiger partial charge on any atom is -0.298 e. The third-order valence-electron chi connectivity index (χ3n) is 6.28. The summed E-state index contributed by atoms with van der Waals surface area (Å²) < 4.78 is 0. The van der Waals surface area contributed by atoms with Gasteiger partial charge in [0.2, 0.25) is 0 Å². The molecule has 0 amide bonds. The molecule has 0 heterocycles. The van der Waals surface area contributed by atoms with Crippen molar-refractivity contribution in [2.24, 2.45) is 5.41 Å². The normalized spacial score (nSPS) is 16.5. The number of benzene rings is 3.